The van der Waals surface area contributed by atoms with Gasteiger partial charge in [-0.2, -0.15) is 0 Å². The molecule has 0 spiro atoms. The molecule has 116 valence electrons. The SMILES string of the molecule is CC(=O)NCc1cccc(CNC(=O)Nc2ccc(C)s2)c1. The summed E-state index contributed by atoms with van der Waals surface area (Å²) < 4.78 is 0. The summed E-state index contributed by atoms with van der Waals surface area (Å²) in [6.45, 7) is 4.41. The van der Waals surface area contributed by atoms with Gasteiger partial charge in [0.1, 0.15) is 0 Å². The zero-order valence-corrected chi connectivity index (χ0v) is 13.4. The Kier molecular flexibility index (Phi) is 5.55. The minimum absolute atomic E-state index is 0.0610. The molecule has 2 rings (SSSR count). The van der Waals surface area contributed by atoms with Gasteiger partial charge in [0.15, 0.2) is 0 Å². The topological polar surface area (TPSA) is 70.2 Å². The highest BCUT2D eigenvalue weighted by Crippen LogP contribution is 2.20. The van der Waals surface area contributed by atoms with Crippen molar-refractivity contribution >= 4 is 28.3 Å². The second-order valence-electron chi connectivity index (χ2n) is 4.95. The van der Waals surface area contributed by atoms with Crippen LogP contribution in [-0.2, 0) is 17.9 Å². The monoisotopic (exact) mass is 317 g/mol. The number of carbonyl (C=O) groups excluding carboxylic acids is 2. The number of thiophene rings is 1. The van der Waals surface area contributed by atoms with E-state index in [9.17, 15) is 9.59 Å². The Morgan fingerprint density at radius 3 is 2.32 bits per heavy atom. The maximum Gasteiger partial charge on any atom is 0.320 e. The number of urea groups is 1. The molecule has 0 atom stereocenters. The maximum atomic E-state index is 11.8. The van der Waals surface area contributed by atoms with Crippen LogP contribution in [0.4, 0.5) is 9.80 Å². The molecule has 1 heterocycles. The van der Waals surface area contributed by atoms with E-state index in [1.807, 2.05) is 43.3 Å². The van der Waals surface area contributed by atoms with Crippen molar-refractivity contribution in [3.63, 3.8) is 0 Å². The molecule has 0 saturated carbocycles. The Morgan fingerprint density at radius 2 is 1.73 bits per heavy atom. The average molecular weight is 317 g/mol. The van der Waals surface area contributed by atoms with Crippen molar-refractivity contribution in [2.75, 3.05) is 5.32 Å². The lowest BCUT2D eigenvalue weighted by Crippen LogP contribution is -2.27. The fourth-order valence-electron chi connectivity index (χ4n) is 1.92. The Bertz CT molecular complexity index is 667. The summed E-state index contributed by atoms with van der Waals surface area (Å²) in [5.41, 5.74) is 1.99. The highest BCUT2D eigenvalue weighted by atomic mass is 32.1. The lowest BCUT2D eigenvalue weighted by Gasteiger charge is -2.08. The van der Waals surface area contributed by atoms with E-state index in [1.165, 1.54) is 18.3 Å². The van der Waals surface area contributed by atoms with Crippen LogP contribution in [0.3, 0.4) is 0 Å². The van der Waals surface area contributed by atoms with Gasteiger partial charge in [-0.15, -0.1) is 11.3 Å². The molecular weight excluding hydrogens is 298 g/mol. The molecule has 0 aliphatic heterocycles. The van der Waals surface area contributed by atoms with Crippen molar-refractivity contribution in [3.8, 4) is 0 Å². The second kappa shape index (κ2) is 7.61. The normalized spacial score (nSPS) is 10.1. The summed E-state index contributed by atoms with van der Waals surface area (Å²) >= 11 is 1.54. The van der Waals surface area contributed by atoms with Crippen LogP contribution in [0.2, 0.25) is 0 Å². The highest BCUT2D eigenvalue weighted by molar-refractivity contribution is 7.16. The largest absolute Gasteiger partial charge is 0.352 e. The van der Waals surface area contributed by atoms with Gasteiger partial charge in [0.25, 0.3) is 0 Å². The average Bonchev–Trinajstić information content (AvgIpc) is 2.88. The molecule has 0 bridgehead atoms. The van der Waals surface area contributed by atoms with Gasteiger partial charge in [-0.3, -0.25) is 10.1 Å². The van der Waals surface area contributed by atoms with Crippen LogP contribution in [-0.4, -0.2) is 11.9 Å². The van der Waals surface area contributed by atoms with E-state index in [1.54, 1.807) is 0 Å². The molecule has 1 aromatic carbocycles. The minimum Gasteiger partial charge on any atom is -0.352 e. The van der Waals surface area contributed by atoms with Crippen molar-refractivity contribution in [1.29, 1.82) is 0 Å². The van der Waals surface area contributed by atoms with Crippen LogP contribution in [0.1, 0.15) is 22.9 Å². The number of carbonyl (C=O) groups is 2. The molecule has 5 nitrogen and oxygen atoms in total. The molecule has 0 radical (unpaired) electrons. The first-order valence-corrected chi connectivity index (χ1v) is 7.78. The van der Waals surface area contributed by atoms with Gasteiger partial charge in [-0.25, -0.2) is 4.79 Å². The molecule has 3 amide bonds. The molecule has 0 fully saturated rings. The van der Waals surface area contributed by atoms with Gasteiger partial charge in [-0.05, 0) is 30.2 Å². The van der Waals surface area contributed by atoms with Crippen LogP contribution in [0.25, 0.3) is 0 Å². The number of aryl methyl sites for hydroxylation is 1. The summed E-state index contributed by atoms with van der Waals surface area (Å²) in [6.07, 6.45) is 0. The minimum atomic E-state index is -0.228. The van der Waals surface area contributed by atoms with E-state index >= 15 is 0 Å². The van der Waals surface area contributed by atoms with Gasteiger partial charge in [0, 0.05) is 24.9 Å². The van der Waals surface area contributed by atoms with Crippen LogP contribution >= 0.6 is 11.3 Å². The zero-order valence-electron chi connectivity index (χ0n) is 12.6. The molecule has 1 aromatic heterocycles. The summed E-state index contributed by atoms with van der Waals surface area (Å²) in [4.78, 5) is 23.9. The fourth-order valence-corrected chi connectivity index (χ4v) is 2.68. The Hall–Kier alpha value is -2.34. The first kappa shape index (κ1) is 16.0. The molecule has 6 heteroatoms. The lowest BCUT2D eigenvalue weighted by molar-refractivity contribution is -0.119. The van der Waals surface area contributed by atoms with Crippen LogP contribution in [0.5, 0.6) is 0 Å². The first-order valence-electron chi connectivity index (χ1n) is 6.96. The Balaban J connectivity index is 1.84. The van der Waals surface area contributed by atoms with Crippen molar-refractivity contribution in [1.82, 2.24) is 10.6 Å². The molecule has 0 aliphatic rings. The van der Waals surface area contributed by atoms with E-state index in [4.69, 9.17) is 0 Å². The van der Waals surface area contributed by atoms with Gasteiger partial charge in [0.2, 0.25) is 5.91 Å². The van der Waals surface area contributed by atoms with Crippen LogP contribution < -0.4 is 16.0 Å². The third-order valence-corrected chi connectivity index (χ3v) is 3.88. The van der Waals surface area contributed by atoms with E-state index < -0.39 is 0 Å². The third kappa shape index (κ3) is 5.21. The Morgan fingerprint density at radius 1 is 1.05 bits per heavy atom. The number of hydrogen-bond donors (Lipinski definition) is 3. The zero-order chi connectivity index (χ0) is 15.9. The number of benzene rings is 1. The Labute approximate surface area is 133 Å². The summed E-state index contributed by atoms with van der Waals surface area (Å²) in [7, 11) is 0. The predicted octanol–water partition coefficient (Wildman–Crippen LogP) is 3.01. The summed E-state index contributed by atoms with van der Waals surface area (Å²) in [5.74, 6) is -0.0610. The molecule has 0 saturated heterocycles. The molecule has 22 heavy (non-hydrogen) atoms. The summed E-state index contributed by atoms with van der Waals surface area (Å²) in [6, 6.07) is 11.4. The molecular formula is C16H19N3O2S. The fraction of sp³-hybridized carbons (Fsp3) is 0.250. The van der Waals surface area contributed by atoms with E-state index in [0.29, 0.717) is 13.1 Å². The van der Waals surface area contributed by atoms with Gasteiger partial charge < -0.3 is 10.6 Å². The van der Waals surface area contributed by atoms with Crippen molar-refractivity contribution in [2.24, 2.45) is 0 Å². The first-order chi connectivity index (χ1) is 10.5. The standard InChI is InChI=1S/C16H19N3O2S/c1-11-6-7-15(22-11)19-16(21)18-10-14-5-3-4-13(8-14)9-17-12(2)20/h3-8H,9-10H2,1-2H3,(H,17,20)(H2,18,19,21). The predicted molar refractivity (Wildman–Crippen MR) is 88.9 cm³/mol. The molecule has 0 unspecified atom stereocenters. The number of rotatable bonds is 5. The van der Waals surface area contributed by atoms with E-state index in [-0.39, 0.29) is 11.9 Å². The van der Waals surface area contributed by atoms with Crippen molar-refractivity contribution < 1.29 is 9.59 Å². The quantitative estimate of drug-likeness (QED) is 0.793. The number of anilines is 1. The van der Waals surface area contributed by atoms with E-state index in [0.717, 1.165) is 21.0 Å². The second-order valence-corrected chi connectivity index (χ2v) is 6.24. The molecule has 2 aromatic rings. The molecule has 3 N–H and O–H groups in total. The number of nitrogens with one attached hydrogen (secondary N) is 3. The van der Waals surface area contributed by atoms with Crippen LogP contribution in [0.15, 0.2) is 36.4 Å². The van der Waals surface area contributed by atoms with Crippen molar-refractivity contribution in [2.45, 2.75) is 26.9 Å². The van der Waals surface area contributed by atoms with Crippen LogP contribution in [0, 0.1) is 6.92 Å². The van der Waals surface area contributed by atoms with Gasteiger partial charge in [0.05, 0.1) is 5.00 Å². The smallest absolute Gasteiger partial charge is 0.320 e. The highest BCUT2D eigenvalue weighted by Gasteiger charge is 2.04. The summed E-state index contributed by atoms with van der Waals surface area (Å²) in [5, 5.41) is 9.20. The maximum absolute atomic E-state index is 11.8. The lowest BCUT2D eigenvalue weighted by atomic mass is 10.1. The number of amides is 3. The van der Waals surface area contributed by atoms with Gasteiger partial charge >= 0.3 is 6.03 Å². The number of hydrogen-bond acceptors (Lipinski definition) is 3. The van der Waals surface area contributed by atoms with Crippen molar-refractivity contribution in [3.05, 3.63) is 52.4 Å². The molecule has 0 aliphatic carbocycles. The van der Waals surface area contributed by atoms with Gasteiger partial charge in [-0.1, -0.05) is 24.3 Å². The third-order valence-electron chi connectivity index (χ3n) is 2.96. The van der Waals surface area contributed by atoms with E-state index in [2.05, 4.69) is 16.0 Å².